The van der Waals surface area contributed by atoms with Crippen molar-refractivity contribution in [3.63, 3.8) is 0 Å². The van der Waals surface area contributed by atoms with E-state index in [1.54, 1.807) is 24.3 Å². The molecule has 150 valence electrons. The average molecular weight is 394 g/mol. The first-order valence-corrected chi connectivity index (χ1v) is 9.64. The summed E-state index contributed by atoms with van der Waals surface area (Å²) in [5, 5.41) is 2.14. The summed E-state index contributed by atoms with van der Waals surface area (Å²) in [6, 6.07) is 7.93. The SMILES string of the molecule is CC1CCCC(C)N1C(=O)c1ccccc1-n1c(N)c2c(cc1=O)C(=O)NC2=O. The van der Waals surface area contributed by atoms with Crippen LogP contribution in [0.4, 0.5) is 5.82 Å². The molecule has 1 saturated heterocycles. The number of piperidine rings is 1. The quantitative estimate of drug-likeness (QED) is 0.753. The molecule has 4 rings (SSSR count). The number of imide groups is 1. The summed E-state index contributed by atoms with van der Waals surface area (Å²) in [6.45, 7) is 4.03. The predicted octanol–water partition coefficient (Wildman–Crippen LogP) is 1.71. The van der Waals surface area contributed by atoms with Crippen molar-refractivity contribution in [2.24, 2.45) is 0 Å². The van der Waals surface area contributed by atoms with Crippen LogP contribution in [-0.2, 0) is 0 Å². The molecule has 0 saturated carbocycles. The Morgan fingerprint density at radius 2 is 1.72 bits per heavy atom. The summed E-state index contributed by atoms with van der Waals surface area (Å²) in [5.74, 6) is -1.65. The van der Waals surface area contributed by atoms with E-state index >= 15 is 0 Å². The molecular weight excluding hydrogens is 372 g/mol. The third kappa shape index (κ3) is 2.91. The van der Waals surface area contributed by atoms with Crippen LogP contribution in [0.5, 0.6) is 0 Å². The zero-order valence-corrected chi connectivity index (χ0v) is 16.3. The fourth-order valence-electron chi connectivity index (χ4n) is 4.34. The lowest BCUT2D eigenvalue weighted by molar-refractivity contribution is 0.0510. The molecule has 0 radical (unpaired) electrons. The molecule has 1 fully saturated rings. The van der Waals surface area contributed by atoms with Crippen molar-refractivity contribution in [2.75, 3.05) is 5.73 Å². The standard InChI is InChI=1S/C21H22N4O4/c1-11-6-5-7-12(2)24(11)21(29)13-8-3-4-9-15(13)25-16(26)10-14-17(18(25)22)20(28)23-19(14)27/h3-4,8-12H,5-7,22H2,1-2H3,(H,23,27,28). The highest BCUT2D eigenvalue weighted by Gasteiger charge is 2.34. The first-order chi connectivity index (χ1) is 13.8. The van der Waals surface area contributed by atoms with Crippen LogP contribution in [0, 0.1) is 0 Å². The molecule has 0 spiro atoms. The van der Waals surface area contributed by atoms with Gasteiger partial charge >= 0.3 is 0 Å². The normalized spacial score (nSPS) is 21.1. The van der Waals surface area contributed by atoms with Crippen LogP contribution in [0.25, 0.3) is 5.69 Å². The number of carbonyl (C=O) groups is 3. The van der Waals surface area contributed by atoms with E-state index in [0.29, 0.717) is 11.3 Å². The van der Waals surface area contributed by atoms with Crippen molar-refractivity contribution in [1.29, 1.82) is 0 Å². The molecule has 29 heavy (non-hydrogen) atoms. The molecule has 3 heterocycles. The molecule has 1 aromatic carbocycles. The monoisotopic (exact) mass is 394 g/mol. The summed E-state index contributed by atoms with van der Waals surface area (Å²) in [6.07, 6.45) is 2.90. The fourth-order valence-corrected chi connectivity index (χ4v) is 4.34. The molecule has 2 aliphatic heterocycles. The van der Waals surface area contributed by atoms with Gasteiger partial charge in [-0.3, -0.25) is 29.1 Å². The number of carbonyl (C=O) groups excluding carboxylic acids is 3. The number of nitrogens with zero attached hydrogens (tertiary/aromatic N) is 2. The van der Waals surface area contributed by atoms with E-state index in [9.17, 15) is 19.2 Å². The Hall–Kier alpha value is -3.42. The Balaban J connectivity index is 1.88. The summed E-state index contributed by atoms with van der Waals surface area (Å²) in [7, 11) is 0. The number of hydrogen-bond acceptors (Lipinski definition) is 5. The van der Waals surface area contributed by atoms with Crippen molar-refractivity contribution in [3.8, 4) is 5.69 Å². The van der Waals surface area contributed by atoms with Gasteiger partial charge < -0.3 is 10.6 Å². The van der Waals surface area contributed by atoms with Gasteiger partial charge in [-0.25, -0.2) is 0 Å². The molecule has 3 N–H and O–H groups in total. The molecule has 3 amide bonds. The minimum Gasteiger partial charge on any atom is -0.384 e. The average Bonchev–Trinajstić information content (AvgIpc) is 2.95. The van der Waals surface area contributed by atoms with Gasteiger partial charge in [0.1, 0.15) is 5.82 Å². The number of pyridine rings is 1. The number of aromatic nitrogens is 1. The molecule has 2 aliphatic rings. The molecular formula is C21H22N4O4. The van der Waals surface area contributed by atoms with E-state index < -0.39 is 17.4 Å². The molecule has 2 unspecified atom stereocenters. The zero-order chi connectivity index (χ0) is 20.9. The second kappa shape index (κ2) is 6.88. The lowest BCUT2D eigenvalue weighted by Crippen LogP contribution is -2.47. The van der Waals surface area contributed by atoms with Crippen molar-refractivity contribution in [3.05, 3.63) is 57.4 Å². The first-order valence-electron chi connectivity index (χ1n) is 9.64. The van der Waals surface area contributed by atoms with Gasteiger partial charge in [0.2, 0.25) is 0 Å². The Bertz CT molecular complexity index is 1090. The zero-order valence-electron chi connectivity index (χ0n) is 16.3. The Morgan fingerprint density at radius 3 is 2.41 bits per heavy atom. The van der Waals surface area contributed by atoms with Gasteiger partial charge in [-0.05, 0) is 45.2 Å². The molecule has 8 nitrogen and oxygen atoms in total. The van der Waals surface area contributed by atoms with E-state index in [1.165, 1.54) is 0 Å². The lowest BCUT2D eigenvalue weighted by Gasteiger charge is -2.39. The van der Waals surface area contributed by atoms with Gasteiger partial charge in [0.05, 0.1) is 22.4 Å². The molecule has 0 aliphatic carbocycles. The van der Waals surface area contributed by atoms with Gasteiger partial charge in [-0.15, -0.1) is 0 Å². The second-order valence-electron chi connectivity index (χ2n) is 7.63. The maximum Gasteiger partial charge on any atom is 0.262 e. The van der Waals surface area contributed by atoms with Crippen LogP contribution in [0.3, 0.4) is 0 Å². The highest BCUT2D eigenvalue weighted by molar-refractivity contribution is 6.23. The first kappa shape index (κ1) is 18.9. The second-order valence-corrected chi connectivity index (χ2v) is 7.63. The maximum atomic E-state index is 13.4. The Kier molecular flexibility index (Phi) is 4.49. The van der Waals surface area contributed by atoms with Crippen LogP contribution in [-0.4, -0.2) is 39.3 Å². The van der Waals surface area contributed by atoms with E-state index in [1.807, 2.05) is 18.7 Å². The fraction of sp³-hybridized carbons (Fsp3) is 0.333. The van der Waals surface area contributed by atoms with Crippen LogP contribution in [0.2, 0.25) is 0 Å². The topological polar surface area (TPSA) is 114 Å². The number of nitrogens with two attached hydrogens (primary N) is 1. The van der Waals surface area contributed by atoms with Gasteiger partial charge in [-0.1, -0.05) is 12.1 Å². The van der Waals surface area contributed by atoms with Gasteiger partial charge in [0.25, 0.3) is 23.3 Å². The maximum absolute atomic E-state index is 13.4. The summed E-state index contributed by atoms with van der Waals surface area (Å²) < 4.78 is 1.13. The number of likely N-dealkylation sites (tertiary alicyclic amines) is 1. The highest BCUT2D eigenvalue weighted by Crippen LogP contribution is 2.28. The van der Waals surface area contributed by atoms with Crippen molar-refractivity contribution < 1.29 is 14.4 Å². The Morgan fingerprint density at radius 1 is 1.07 bits per heavy atom. The van der Waals surface area contributed by atoms with Crippen molar-refractivity contribution >= 4 is 23.5 Å². The largest absolute Gasteiger partial charge is 0.384 e. The third-order valence-electron chi connectivity index (χ3n) is 5.76. The molecule has 2 aromatic rings. The van der Waals surface area contributed by atoms with E-state index in [4.69, 9.17) is 5.73 Å². The summed E-state index contributed by atoms with van der Waals surface area (Å²) in [5.41, 5.74) is 6.10. The number of anilines is 1. The number of rotatable bonds is 2. The van der Waals surface area contributed by atoms with Crippen LogP contribution >= 0.6 is 0 Å². The summed E-state index contributed by atoms with van der Waals surface area (Å²) >= 11 is 0. The van der Waals surface area contributed by atoms with Crippen molar-refractivity contribution in [1.82, 2.24) is 14.8 Å². The number of nitrogens with one attached hydrogen (secondary N) is 1. The molecule has 1 aromatic heterocycles. The molecule has 0 bridgehead atoms. The minimum atomic E-state index is -0.654. The van der Waals surface area contributed by atoms with Crippen molar-refractivity contribution in [2.45, 2.75) is 45.2 Å². The number of amides is 3. The number of hydrogen-bond donors (Lipinski definition) is 2. The number of fused-ring (bicyclic) bond motifs is 1. The van der Waals surface area contributed by atoms with Crippen LogP contribution in [0.15, 0.2) is 35.1 Å². The minimum absolute atomic E-state index is 0.0449. The number of para-hydroxylation sites is 1. The number of benzene rings is 1. The van der Waals surface area contributed by atoms with Crippen LogP contribution < -0.4 is 16.6 Å². The highest BCUT2D eigenvalue weighted by atomic mass is 16.2. The van der Waals surface area contributed by atoms with E-state index in [-0.39, 0.29) is 34.9 Å². The van der Waals surface area contributed by atoms with E-state index in [0.717, 1.165) is 29.9 Å². The van der Waals surface area contributed by atoms with E-state index in [2.05, 4.69) is 5.32 Å². The van der Waals surface area contributed by atoms with Gasteiger partial charge in [0, 0.05) is 18.2 Å². The van der Waals surface area contributed by atoms with Gasteiger partial charge in [-0.2, -0.15) is 0 Å². The lowest BCUT2D eigenvalue weighted by atomic mass is 9.96. The summed E-state index contributed by atoms with van der Waals surface area (Å²) in [4.78, 5) is 52.1. The molecule has 8 heteroatoms. The third-order valence-corrected chi connectivity index (χ3v) is 5.76. The Labute approximate surface area is 167 Å². The molecule has 2 atom stereocenters. The predicted molar refractivity (Wildman–Crippen MR) is 107 cm³/mol. The number of nitrogen functional groups attached to an aromatic ring is 1. The van der Waals surface area contributed by atoms with Gasteiger partial charge in [0.15, 0.2) is 0 Å². The van der Waals surface area contributed by atoms with Crippen LogP contribution in [0.1, 0.15) is 64.2 Å². The smallest absolute Gasteiger partial charge is 0.262 e.